The van der Waals surface area contributed by atoms with Crippen LogP contribution in [-0.4, -0.2) is 25.7 Å². The van der Waals surface area contributed by atoms with Crippen molar-refractivity contribution in [3.63, 3.8) is 0 Å². The van der Waals surface area contributed by atoms with E-state index in [-0.39, 0.29) is 0 Å². The van der Waals surface area contributed by atoms with Gasteiger partial charge in [0.05, 0.1) is 19.4 Å². The summed E-state index contributed by atoms with van der Waals surface area (Å²) in [6.07, 6.45) is 0.918. The summed E-state index contributed by atoms with van der Waals surface area (Å²) in [5, 5.41) is 4.66. The molecule has 0 fully saturated rings. The molecule has 3 aromatic rings. The third-order valence-electron chi connectivity index (χ3n) is 4.71. The van der Waals surface area contributed by atoms with Crippen LogP contribution in [0.4, 0.5) is 10.5 Å². The van der Waals surface area contributed by atoms with E-state index in [0.29, 0.717) is 35.3 Å². The monoisotopic (exact) mass is 421 g/mol. The Bertz CT molecular complexity index is 1060. The number of carbonyl (C=O) groups excluding carboxylic acids is 2. The Morgan fingerprint density at radius 3 is 2.48 bits per heavy atom. The van der Waals surface area contributed by atoms with Crippen LogP contribution in [0.2, 0.25) is 0 Å². The maximum atomic E-state index is 12.4. The number of benzene rings is 3. The first-order valence-corrected chi connectivity index (χ1v) is 10.1. The molecule has 0 heterocycles. The van der Waals surface area contributed by atoms with E-state index >= 15 is 0 Å². The van der Waals surface area contributed by atoms with Gasteiger partial charge in [-0.1, -0.05) is 50.2 Å². The molecule has 0 saturated carbocycles. The molecule has 0 unspecified atom stereocenters. The molecule has 7 nitrogen and oxygen atoms in total. The fourth-order valence-corrected chi connectivity index (χ4v) is 3.01. The molecule has 0 bridgehead atoms. The normalized spacial score (nSPS) is 10.6. The van der Waals surface area contributed by atoms with Crippen molar-refractivity contribution in [2.45, 2.75) is 20.3 Å². The van der Waals surface area contributed by atoms with Crippen LogP contribution in [0.25, 0.3) is 10.8 Å². The van der Waals surface area contributed by atoms with Gasteiger partial charge in [0.1, 0.15) is 0 Å². The minimum atomic E-state index is -0.551. The fourth-order valence-electron chi connectivity index (χ4n) is 3.01. The Labute approximate surface area is 181 Å². The molecule has 0 spiro atoms. The van der Waals surface area contributed by atoms with E-state index in [9.17, 15) is 9.59 Å². The van der Waals surface area contributed by atoms with Crippen LogP contribution in [0.5, 0.6) is 11.5 Å². The highest BCUT2D eigenvalue weighted by Crippen LogP contribution is 2.28. The summed E-state index contributed by atoms with van der Waals surface area (Å²) in [6.45, 7) is 4.81. The maximum Gasteiger partial charge on any atom is 0.337 e. The molecule has 3 rings (SSSR count). The number of urea groups is 1. The number of hydrogen-bond acceptors (Lipinski definition) is 4. The molecule has 3 amide bonds. The highest BCUT2D eigenvalue weighted by molar-refractivity contribution is 6.02. The third kappa shape index (κ3) is 5.88. The van der Waals surface area contributed by atoms with Crippen LogP contribution in [0.3, 0.4) is 0 Å². The van der Waals surface area contributed by atoms with Crippen molar-refractivity contribution in [1.29, 1.82) is 0 Å². The summed E-state index contributed by atoms with van der Waals surface area (Å²) in [6, 6.07) is 17.7. The number of rotatable bonds is 7. The molecular formula is C24H27N3O4. The van der Waals surface area contributed by atoms with Crippen molar-refractivity contribution in [3.8, 4) is 11.5 Å². The largest absolute Gasteiger partial charge is 0.493 e. The third-order valence-corrected chi connectivity index (χ3v) is 4.71. The van der Waals surface area contributed by atoms with E-state index in [2.05, 4.69) is 30.0 Å². The lowest BCUT2D eigenvalue weighted by atomic mass is 10.1. The Kier molecular flexibility index (Phi) is 7.32. The molecule has 0 radical (unpaired) electrons. The maximum absolute atomic E-state index is 12.4. The minimum absolute atomic E-state index is 0.332. The summed E-state index contributed by atoms with van der Waals surface area (Å²) in [7, 11) is 1.52. The van der Waals surface area contributed by atoms with Gasteiger partial charge >= 0.3 is 6.03 Å². The van der Waals surface area contributed by atoms with Gasteiger partial charge in [0.2, 0.25) is 0 Å². The van der Waals surface area contributed by atoms with E-state index in [1.54, 1.807) is 24.3 Å². The van der Waals surface area contributed by atoms with Gasteiger partial charge < -0.3 is 14.8 Å². The number of hydrazine groups is 1. The Balaban J connectivity index is 1.59. The number of nitrogens with one attached hydrogen (secondary N) is 3. The van der Waals surface area contributed by atoms with Crippen LogP contribution >= 0.6 is 0 Å². The lowest BCUT2D eigenvalue weighted by molar-refractivity contribution is 0.0937. The van der Waals surface area contributed by atoms with E-state index in [1.165, 1.54) is 7.11 Å². The van der Waals surface area contributed by atoms with E-state index < -0.39 is 11.9 Å². The Morgan fingerprint density at radius 2 is 1.71 bits per heavy atom. The summed E-state index contributed by atoms with van der Waals surface area (Å²) >= 11 is 0. The molecule has 3 N–H and O–H groups in total. The topological polar surface area (TPSA) is 88.7 Å². The summed E-state index contributed by atoms with van der Waals surface area (Å²) < 4.78 is 11.1. The van der Waals surface area contributed by atoms with Crippen LogP contribution in [-0.2, 0) is 0 Å². The first-order chi connectivity index (χ1) is 15.0. The number of ether oxygens (including phenoxy) is 2. The summed E-state index contributed by atoms with van der Waals surface area (Å²) in [5.41, 5.74) is 5.75. The number of carbonyl (C=O) groups is 2. The summed E-state index contributed by atoms with van der Waals surface area (Å²) in [5.74, 6) is 1.08. The highest BCUT2D eigenvalue weighted by atomic mass is 16.5. The van der Waals surface area contributed by atoms with E-state index in [4.69, 9.17) is 9.47 Å². The van der Waals surface area contributed by atoms with Gasteiger partial charge in [0.25, 0.3) is 5.91 Å². The molecule has 162 valence electrons. The zero-order chi connectivity index (χ0) is 22.2. The molecule has 0 aliphatic heterocycles. The molecular weight excluding hydrogens is 394 g/mol. The van der Waals surface area contributed by atoms with Gasteiger partial charge in [-0.15, -0.1) is 0 Å². The molecule has 0 aromatic heterocycles. The second-order valence-electron chi connectivity index (χ2n) is 7.46. The molecule has 7 heteroatoms. The predicted molar refractivity (Wildman–Crippen MR) is 122 cm³/mol. The van der Waals surface area contributed by atoms with Gasteiger partial charge in [-0.2, -0.15) is 0 Å². The number of hydrogen-bond donors (Lipinski definition) is 3. The molecule has 0 saturated heterocycles. The molecule has 31 heavy (non-hydrogen) atoms. The van der Waals surface area contributed by atoms with Crippen molar-refractivity contribution >= 4 is 28.4 Å². The van der Waals surface area contributed by atoms with Crippen molar-refractivity contribution < 1.29 is 19.1 Å². The first-order valence-electron chi connectivity index (χ1n) is 10.1. The van der Waals surface area contributed by atoms with Crippen LogP contribution in [0, 0.1) is 5.92 Å². The average Bonchev–Trinajstić information content (AvgIpc) is 2.77. The lowest BCUT2D eigenvalue weighted by Crippen LogP contribution is -2.43. The van der Waals surface area contributed by atoms with E-state index in [0.717, 1.165) is 17.2 Å². The Hall–Kier alpha value is -3.74. The zero-order valence-corrected chi connectivity index (χ0v) is 17.9. The quantitative estimate of drug-likeness (QED) is 0.481. The van der Waals surface area contributed by atoms with Gasteiger partial charge in [-0.05, 0) is 42.0 Å². The van der Waals surface area contributed by atoms with Gasteiger partial charge in [0, 0.05) is 10.9 Å². The fraction of sp³-hybridized carbons (Fsp3) is 0.250. The van der Waals surface area contributed by atoms with Crippen molar-refractivity contribution in [2.75, 3.05) is 19.0 Å². The second kappa shape index (κ2) is 10.3. The van der Waals surface area contributed by atoms with Crippen LogP contribution < -0.4 is 25.6 Å². The molecule has 0 aliphatic carbocycles. The van der Waals surface area contributed by atoms with Crippen molar-refractivity contribution in [1.82, 2.24) is 10.9 Å². The van der Waals surface area contributed by atoms with Crippen molar-refractivity contribution in [2.24, 2.45) is 5.92 Å². The van der Waals surface area contributed by atoms with Crippen molar-refractivity contribution in [3.05, 3.63) is 66.2 Å². The SMILES string of the molecule is COc1cc(C(=O)NNC(=O)Nc2cccc3ccccc23)ccc1OCCC(C)C. The number of methoxy groups -OCH3 is 1. The lowest BCUT2D eigenvalue weighted by Gasteiger charge is -2.14. The molecule has 3 aromatic carbocycles. The number of anilines is 1. The van der Waals surface area contributed by atoms with E-state index in [1.807, 2.05) is 36.4 Å². The van der Waals surface area contributed by atoms with Gasteiger partial charge in [-0.25, -0.2) is 10.2 Å². The standard InChI is InChI=1S/C24H27N3O4/c1-16(2)13-14-31-21-12-11-18(15-22(21)30-3)23(28)26-27-24(29)25-20-10-6-8-17-7-4-5-9-19(17)20/h4-12,15-16H,13-14H2,1-3H3,(H,26,28)(H2,25,27,29). The minimum Gasteiger partial charge on any atom is -0.493 e. The molecule has 0 aliphatic rings. The Morgan fingerprint density at radius 1 is 0.935 bits per heavy atom. The zero-order valence-electron chi connectivity index (χ0n) is 17.9. The smallest absolute Gasteiger partial charge is 0.337 e. The average molecular weight is 421 g/mol. The second-order valence-corrected chi connectivity index (χ2v) is 7.46. The van der Waals surface area contributed by atoms with Gasteiger partial charge in [0.15, 0.2) is 11.5 Å². The van der Waals surface area contributed by atoms with Crippen LogP contribution in [0.1, 0.15) is 30.6 Å². The number of fused-ring (bicyclic) bond motifs is 1. The van der Waals surface area contributed by atoms with Gasteiger partial charge in [-0.3, -0.25) is 10.2 Å². The number of amides is 3. The predicted octanol–water partition coefficient (Wildman–Crippen LogP) is 4.74. The molecule has 0 atom stereocenters. The first kappa shape index (κ1) is 22.0. The highest BCUT2D eigenvalue weighted by Gasteiger charge is 2.13. The summed E-state index contributed by atoms with van der Waals surface area (Å²) in [4.78, 5) is 24.7. The van der Waals surface area contributed by atoms with Crippen LogP contribution in [0.15, 0.2) is 60.7 Å².